The Balaban J connectivity index is 2.23. The molecule has 0 radical (unpaired) electrons. The SMILES string of the molecule is CCOc1nc(NN)nc(Oc2ccc(Cl)cc2)n1. The van der Waals surface area contributed by atoms with Crippen LogP contribution in [-0.2, 0) is 0 Å². The molecule has 0 saturated heterocycles. The molecule has 0 fully saturated rings. The highest BCUT2D eigenvalue weighted by Gasteiger charge is 2.08. The van der Waals surface area contributed by atoms with E-state index in [0.717, 1.165) is 0 Å². The van der Waals surface area contributed by atoms with Crippen LogP contribution in [-0.4, -0.2) is 21.6 Å². The number of hydrogen-bond donors (Lipinski definition) is 2. The van der Waals surface area contributed by atoms with Crippen LogP contribution in [0.5, 0.6) is 17.8 Å². The number of halogens is 1. The highest BCUT2D eigenvalue weighted by Crippen LogP contribution is 2.22. The lowest BCUT2D eigenvalue weighted by Crippen LogP contribution is -2.12. The third kappa shape index (κ3) is 3.67. The van der Waals surface area contributed by atoms with Gasteiger partial charge in [-0.15, -0.1) is 4.98 Å². The van der Waals surface area contributed by atoms with Crippen LogP contribution in [0, 0.1) is 0 Å². The maximum atomic E-state index is 5.79. The van der Waals surface area contributed by atoms with E-state index in [1.807, 2.05) is 6.92 Å². The topological polar surface area (TPSA) is 95.2 Å². The molecular formula is C11H12ClN5O2. The Labute approximate surface area is 114 Å². The van der Waals surface area contributed by atoms with Gasteiger partial charge in [-0.25, -0.2) is 5.84 Å². The summed E-state index contributed by atoms with van der Waals surface area (Å²) in [6, 6.07) is 7.00. The molecule has 0 bridgehead atoms. The zero-order chi connectivity index (χ0) is 13.7. The minimum atomic E-state index is 0.0775. The first-order chi connectivity index (χ1) is 9.21. The number of hydrazine groups is 1. The zero-order valence-electron chi connectivity index (χ0n) is 10.1. The molecule has 0 saturated carbocycles. The fourth-order valence-corrected chi connectivity index (χ4v) is 1.38. The van der Waals surface area contributed by atoms with Gasteiger partial charge in [0.1, 0.15) is 5.75 Å². The van der Waals surface area contributed by atoms with E-state index in [1.165, 1.54) is 0 Å². The summed E-state index contributed by atoms with van der Waals surface area (Å²) in [5.74, 6) is 5.96. The number of aromatic nitrogens is 3. The molecule has 0 aliphatic heterocycles. The summed E-state index contributed by atoms with van der Waals surface area (Å²) < 4.78 is 10.7. The maximum absolute atomic E-state index is 5.79. The number of hydrogen-bond acceptors (Lipinski definition) is 7. The molecule has 0 aliphatic rings. The molecule has 3 N–H and O–H groups in total. The van der Waals surface area contributed by atoms with Crippen LogP contribution in [0.3, 0.4) is 0 Å². The molecule has 2 rings (SSSR count). The molecular weight excluding hydrogens is 270 g/mol. The number of rotatable bonds is 5. The maximum Gasteiger partial charge on any atom is 0.330 e. The van der Waals surface area contributed by atoms with Crippen molar-refractivity contribution in [2.75, 3.05) is 12.0 Å². The highest BCUT2D eigenvalue weighted by molar-refractivity contribution is 6.30. The van der Waals surface area contributed by atoms with Crippen LogP contribution in [0.15, 0.2) is 24.3 Å². The number of nitrogens with two attached hydrogens (primary N) is 1. The fraction of sp³-hybridized carbons (Fsp3) is 0.182. The van der Waals surface area contributed by atoms with Crippen LogP contribution in [0.2, 0.25) is 5.02 Å². The normalized spacial score (nSPS) is 10.1. The molecule has 1 heterocycles. The Kier molecular flexibility index (Phi) is 4.32. The fourth-order valence-electron chi connectivity index (χ4n) is 1.25. The number of nitrogens with zero attached hydrogens (tertiary/aromatic N) is 3. The van der Waals surface area contributed by atoms with Crippen molar-refractivity contribution in [2.45, 2.75) is 6.92 Å². The molecule has 0 aliphatic carbocycles. The quantitative estimate of drug-likeness (QED) is 0.639. The summed E-state index contributed by atoms with van der Waals surface area (Å²) in [6.45, 7) is 2.24. The van der Waals surface area contributed by atoms with Crippen LogP contribution in [0.25, 0.3) is 0 Å². The first kappa shape index (κ1) is 13.3. The zero-order valence-corrected chi connectivity index (χ0v) is 10.9. The molecule has 0 unspecified atom stereocenters. The molecule has 1 aromatic carbocycles. The van der Waals surface area contributed by atoms with Crippen molar-refractivity contribution >= 4 is 17.5 Å². The Morgan fingerprint density at radius 3 is 2.47 bits per heavy atom. The third-order valence-corrected chi connectivity index (χ3v) is 2.27. The van der Waals surface area contributed by atoms with Crippen molar-refractivity contribution in [2.24, 2.45) is 5.84 Å². The van der Waals surface area contributed by atoms with E-state index in [2.05, 4.69) is 20.4 Å². The predicted octanol–water partition coefficient (Wildman–Crippen LogP) is 2.00. The van der Waals surface area contributed by atoms with E-state index in [1.54, 1.807) is 24.3 Å². The number of anilines is 1. The highest BCUT2D eigenvalue weighted by atomic mass is 35.5. The van der Waals surface area contributed by atoms with Gasteiger partial charge in [0.25, 0.3) is 0 Å². The Morgan fingerprint density at radius 2 is 1.84 bits per heavy atom. The van der Waals surface area contributed by atoms with E-state index in [9.17, 15) is 0 Å². The van der Waals surface area contributed by atoms with Gasteiger partial charge >= 0.3 is 12.0 Å². The lowest BCUT2D eigenvalue weighted by atomic mass is 10.3. The largest absolute Gasteiger partial charge is 0.464 e. The molecule has 0 spiro atoms. The van der Waals surface area contributed by atoms with Gasteiger partial charge in [0.15, 0.2) is 0 Å². The second-order valence-electron chi connectivity index (χ2n) is 3.36. The molecule has 7 nitrogen and oxygen atoms in total. The first-order valence-corrected chi connectivity index (χ1v) is 5.88. The molecule has 2 aromatic rings. The lowest BCUT2D eigenvalue weighted by Gasteiger charge is -2.07. The Hall–Kier alpha value is -2.12. The molecule has 0 atom stereocenters. The summed E-state index contributed by atoms with van der Waals surface area (Å²) in [5, 5.41) is 0.613. The van der Waals surface area contributed by atoms with Crippen LogP contribution >= 0.6 is 11.6 Å². The second kappa shape index (κ2) is 6.17. The second-order valence-corrected chi connectivity index (χ2v) is 3.79. The molecule has 100 valence electrons. The molecule has 1 aromatic heterocycles. The number of nitrogens with one attached hydrogen (secondary N) is 1. The number of ether oxygens (including phenoxy) is 2. The number of nitrogen functional groups attached to an aromatic ring is 1. The minimum Gasteiger partial charge on any atom is -0.464 e. The van der Waals surface area contributed by atoms with Crippen LogP contribution < -0.4 is 20.7 Å². The standard InChI is InChI=1S/C11H12ClN5O2/c1-2-18-10-14-9(17-13)15-11(16-10)19-8-5-3-7(12)4-6-8/h3-6H,2,13H2,1H3,(H,14,15,16,17). The molecule has 19 heavy (non-hydrogen) atoms. The Morgan fingerprint density at radius 1 is 1.16 bits per heavy atom. The summed E-state index contributed by atoms with van der Waals surface area (Å²) >= 11 is 5.79. The molecule has 0 amide bonds. The molecule has 8 heteroatoms. The van der Waals surface area contributed by atoms with E-state index in [-0.39, 0.29) is 18.0 Å². The third-order valence-electron chi connectivity index (χ3n) is 2.02. The van der Waals surface area contributed by atoms with Crippen molar-refractivity contribution in [3.63, 3.8) is 0 Å². The summed E-state index contributed by atoms with van der Waals surface area (Å²) in [7, 11) is 0. The number of benzene rings is 1. The van der Waals surface area contributed by atoms with Crippen molar-refractivity contribution in [3.8, 4) is 17.8 Å². The van der Waals surface area contributed by atoms with Crippen LogP contribution in [0.4, 0.5) is 5.95 Å². The van der Waals surface area contributed by atoms with Gasteiger partial charge in [0.05, 0.1) is 6.61 Å². The summed E-state index contributed by atoms with van der Waals surface area (Å²) in [5.41, 5.74) is 2.32. The van der Waals surface area contributed by atoms with E-state index in [0.29, 0.717) is 17.4 Å². The van der Waals surface area contributed by atoms with E-state index in [4.69, 9.17) is 26.9 Å². The lowest BCUT2D eigenvalue weighted by molar-refractivity contribution is 0.304. The smallest absolute Gasteiger partial charge is 0.330 e. The van der Waals surface area contributed by atoms with Gasteiger partial charge in [-0.1, -0.05) is 11.6 Å². The van der Waals surface area contributed by atoms with Gasteiger partial charge in [-0.3, -0.25) is 5.43 Å². The van der Waals surface area contributed by atoms with Crippen molar-refractivity contribution in [1.82, 2.24) is 15.0 Å². The van der Waals surface area contributed by atoms with Crippen molar-refractivity contribution in [3.05, 3.63) is 29.3 Å². The Bertz CT molecular complexity index is 549. The van der Waals surface area contributed by atoms with Gasteiger partial charge in [0, 0.05) is 5.02 Å². The van der Waals surface area contributed by atoms with Crippen molar-refractivity contribution in [1.29, 1.82) is 0 Å². The summed E-state index contributed by atoms with van der Waals surface area (Å²) in [6.07, 6.45) is 0. The predicted molar refractivity (Wildman–Crippen MR) is 70.3 cm³/mol. The summed E-state index contributed by atoms with van der Waals surface area (Å²) in [4.78, 5) is 11.9. The van der Waals surface area contributed by atoms with Gasteiger partial charge in [0.2, 0.25) is 5.95 Å². The van der Waals surface area contributed by atoms with Crippen molar-refractivity contribution < 1.29 is 9.47 Å². The van der Waals surface area contributed by atoms with E-state index >= 15 is 0 Å². The monoisotopic (exact) mass is 281 g/mol. The average molecular weight is 282 g/mol. The van der Waals surface area contributed by atoms with Crippen LogP contribution in [0.1, 0.15) is 6.92 Å². The first-order valence-electron chi connectivity index (χ1n) is 5.50. The van der Waals surface area contributed by atoms with Gasteiger partial charge < -0.3 is 9.47 Å². The van der Waals surface area contributed by atoms with Gasteiger partial charge in [-0.05, 0) is 31.2 Å². The van der Waals surface area contributed by atoms with E-state index < -0.39 is 0 Å². The minimum absolute atomic E-state index is 0.0775. The average Bonchev–Trinajstić information content (AvgIpc) is 2.41. The van der Waals surface area contributed by atoms with Gasteiger partial charge in [-0.2, -0.15) is 9.97 Å².